The maximum absolute atomic E-state index is 12.0. The Balaban J connectivity index is 1.85. The van der Waals surface area contributed by atoms with E-state index < -0.39 is 16.8 Å². The summed E-state index contributed by atoms with van der Waals surface area (Å²) in [5.41, 5.74) is 1.34. The minimum atomic E-state index is -1.10. The smallest absolute Gasteiger partial charge is 0.335 e. The topological polar surface area (TPSA) is 63.6 Å². The molecule has 1 atom stereocenters. The number of carbonyl (C=O) groups is 1. The highest BCUT2D eigenvalue weighted by atomic mass is 32.2. The maximum atomic E-state index is 12.0. The van der Waals surface area contributed by atoms with Crippen molar-refractivity contribution in [3.63, 3.8) is 0 Å². The van der Waals surface area contributed by atoms with Gasteiger partial charge in [-0.05, 0) is 43.3 Å². The molecule has 4 nitrogen and oxygen atoms in total. The standard InChI is InChI=1S/C16H16O4S/c1-12-2-8-15(9-3-12)21(19)11-10-20-14-6-4-13(5-7-14)16(17)18/h2-9H,10-11H2,1H3,(H,17,18). The summed E-state index contributed by atoms with van der Waals surface area (Å²) in [7, 11) is -1.10. The first kappa shape index (κ1) is 15.3. The van der Waals surface area contributed by atoms with Crippen molar-refractivity contribution >= 4 is 16.8 Å². The first-order valence-electron chi connectivity index (χ1n) is 6.47. The average molecular weight is 304 g/mol. The van der Waals surface area contributed by atoms with E-state index in [0.717, 1.165) is 10.5 Å². The van der Waals surface area contributed by atoms with Crippen LogP contribution in [0.4, 0.5) is 0 Å². The Kier molecular flexibility index (Phi) is 5.11. The van der Waals surface area contributed by atoms with Crippen molar-refractivity contribution < 1.29 is 18.8 Å². The van der Waals surface area contributed by atoms with Crippen LogP contribution in [-0.4, -0.2) is 27.6 Å². The van der Waals surface area contributed by atoms with Crippen LogP contribution in [0.5, 0.6) is 5.75 Å². The third-order valence-electron chi connectivity index (χ3n) is 2.92. The Morgan fingerprint density at radius 1 is 1.10 bits per heavy atom. The summed E-state index contributed by atoms with van der Waals surface area (Å²) >= 11 is 0. The molecule has 0 spiro atoms. The molecule has 0 bridgehead atoms. The number of rotatable bonds is 6. The number of carboxylic acid groups (broad SMARTS) is 1. The van der Waals surface area contributed by atoms with E-state index in [-0.39, 0.29) is 5.56 Å². The molecule has 0 saturated carbocycles. The van der Waals surface area contributed by atoms with E-state index in [9.17, 15) is 9.00 Å². The van der Waals surface area contributed by atoms with Crippen LogP contribution in [0.2, 0.25) is 0 Å². The summed E-state index contributed by atoms with van der Waals surface area (Å²) in [5, 5.41) is 8.79. The number of carboxylic acids is 1. The Hall–Kier alpha value is -2.14. The summed E-state index contributed by atoms with van der Waals surface area (Å²) in [6.07, 6.45) is 0. The molecule has 0 amide bonds. The van der Waals surface area contributed by atoms with Crippen LogP contribution in [-0.2, 0) is 10.8 Å². The second-order valence-electron chi connectivity index (χ2n) is 4.54. The minimum absolute atomic E-state index is 0.214. The summed E-state index contributed by atoms with van der Waals surface area (Å²) in [6, 6.07) is 13.7. The Labute approximate surface area is 125 Å². The summed E-state index contributed by atoms with van der Waals surface area (Å²) in [6.45, 7) is 2.30. The molecular formula is C16H16O4S. The molecule has 2 aromatic rings. The van der Waals surface area contributed by atoms with Crippen molar-refractivity contribution in [3.05, 3.63) is 59.7 Å². The average Bonchev–Trinajstić information content (AvgIpc) is 2.48. The molecule has 0 aliphatic heterocycles. The van der Waals surface area contributed by atoms with Crippen LogP contribution in [0.25, 0.3) is 0 Å². The molecule has 5 heteroatoms. The highest BCUT2D eigenvalue weighted by Gasteiger charge is 2.05. The molecule has 0 aliphatic rings. The molecule has 1 N–H and O–H groups in total. The van der Waals surface area contributed by atoms with Gasteiger partial charge < -0.3 is 9.84 Å². The van der Waals surface area contributed by atoms with Crippen molar-refractivity contribution in [1.82, 2.24) is 0 Å². The van der Waals surface area contributed by atoms with E-state index in [1.54, 1.807) is 12.1 Å². The number of hydrogen-bond donors (Lipinski definition) is 1. The molecule has 21 heavy (non-hydrogen) atoms. The van der Waals surface area contributed by atoms with E-state index >= 15 is 0 Å². The molecule has 0 aromatic heterocycles. The fourth-order valence-electron chi connectivity index (χ4n) is 1.74. The molecule has 1 unspecified atom stereocenters. The molecule has 2 rings (SSSR count). The van der Waals surface area contributed by atoms with E-state index in [0.29, 0.717) is 18.1 Å². The van der Waals surface area contributed by atoms with Crippen LogP contribution in [0.1, 0.15) is 15.9 Å². The first-order chi connectivity index (χ1) is 10.1. The van der Waals surface area contributed by atoms with E-state index in [1.165, 1.54) is 12.1 Å². The largest absolute Gasteiger partial charge is 0.493 e. The number of aryl methyl sites for hydroxylation is 1. The second kappa shape index (κ2) is 7.04. The normalized spacial score (nSPS) is 11.9. The third kappa shape index (κ3) is 4.43. The maximum Gasteiger partial charge on any atom is 0.335 e. The fourth-order valence-corrected chi connectivity index (χ4v) is 2.65. The molecule has 0 aliphatic carbocycles. The monoisotopic (exact) mass is 304 g/mol. The lowest BCUT2D eigenvalue weighted by atomic mass is 10.2. The van der Waals surface area contributed by atoms with Gasteiger partial charge in [-0.15, -0.1) is 0 Å². The number of ether oxygens (including phenoxy) is 1. The van der Waals surface area contributed by atoms with Crippen LogP contribution < -0.4 is 4.74 Å². The van der Waals surface area contributed by atoms with Crippen LogP contribution in [0.15, 0.2) is 53.4 Å². The number of aromatic carboxylic acids is 1. The molecule has 2 aromatic carbocycles. The van der Waals surface area contributed by atoms with Crippen LogP contribution in [0.3, 0.4) is 0 Å². The van der Waals surface area contributed by atoms with Gasteiger partial charge in [-0.25, -0.2) is 4.79 Å². The predicted molar refractivity (Wildman–Crippen MR) is 81.4 cm³/mol. The first-order valence-corrected chi connectivity index (χ1v) is 7.79. The third-order valence-corrected chi connectivity index (χ3v) is 4.26. The summed E-state index contributed by atoms with van der Waals surface area (Å²) in [4.78, 5) is 11.5. The van der Waals surface area contributed by atoms with Gasteiger partial charge in [0.1, 0.15) is 12.4 Å². The van der Waals surface area contributed by atoms with Gasteiger partial charge >= 0.3 is 5.97 Å². The highest BCUT2D eigenvalue weighted by molar-refractivity contribution is 7.85. The second-order valence-corrected chi connectivity index (χ2v) is 6.11. The minimum Gasteiger partial charge on any atom is -0.493 e. The summed E-state index contributed by atoms with van der Waals surface area (Å²) in [5.74, 6) is -0.00746. The number of hydrogen-bond acceptors (Lipinski definition) is 3. The molecule has 0 fully saturated rings. The lowest BCUT2D eigenvalue weighted by Gasteiger charge is -2.07. The lowest BCUT2D eigenvalue weighted by molar-refractivity contribution is 0.0697. The quantitative estimate of drug-likeness (QED) is 0.891. The van der Waals surface area contributed by atoms with Gasteiger partial charge in [-0.2, -0.15) is 0 Å². The molecule has 0 radical (unpaired) electrons. The predicted octanol–water partition coefficient (Wildman–Crippen LogP) is 2.88. The van der Waals surface area contributed by atoms with Crippen molar-refractivity contribution in [2.24, 2.45) is 0 Å². The van der Waals surface area contributed by atoms with Crippen LogP contribution in [0, 0.1) is 6.92 Å². The zero-order chi connectivity index (χ0) is 15.2. The lowest BCUT2D eigenvalue weighted by Crippen LogP contribution is -2.08. The molecule has 0 heterocycles. The van der Waals surface area contributed by atoms with E-state index in [4.69, 9.17) is 9.84 Å². The van der Waals surface area contributed by atoms with Crippen molar-refractivity contribution in [2.75, 3.05) is 12.4 Å². The van der Waals surface area contributed by atoms with Crippen molar-refractivity contribution in [1.29, 1.82) is 0 Å². The zero-order valence-electron chi connectivity index (χ0n) is 11.6. The van der Waals surface area contributed by atoms with E-state index in [2.05, 4.69) is 0 Å². The Bertz CT molecular complexity index is 632. The van der Waals surface area contributed by atoms with Crippen molar-refractivity contribution in [3.8, 4) is 5.75 Å². The van der Waals surface area contributed by atoms with Gasteiger partial charge in [0.15, 0.2) is 0 Å². The van der Waals surface area contributed by atoms with Gasteiger partial charge in [-0.3, -0.25) is 4.21 Å². The zero-order valence-corrected chi connectivity index (χ0v) is 12.4. The van der Waals surface area contributed by atoms with Crippen LogP contribution >= 0.6 is 0 Å². The Morgan fingerprint density at radius 3 is 2.29 bits per heavy atom. The summed E-state index contributed by atoms with van der Waals surface area (Å²) < 4.78 is 17.5. The van der Waals surface area contributed by atoms with Gasteiger partial charge in [0.25, 0.3) is 0 Å². The van der Waals surface area contributed by atoms with Crippen molar-refractivity contribution in [2.45, 2.75) is 11.8 Å². The number of benzene rings is 2. The van der Waals surface area contributed by atoms with E-state index in [1.807, 2.05) is 31.2 Å². The Morgan fingerprint density at radius 2 is 1.71 bits per heavy atom. The highest BCUT2D eigenvalue weighted by Crippen LogP contribution is 2.13. The molecule has 0 saturated heterocycles. The molecular weight excluding hydrogens is 288 g/mol. The van der Waals surface area contributed by atoms with Gasteiger partial charge in [0, 0.05) is 4.90 Å². The fraction of sp³-hybridized carbons (Fsp3) is 0.188. The van der Waals surface area contributed by atoms with Gasteiger partial charge in [0.2, 0.25) is 0 Å². The molecule has 110 valence electrons. The SMILES string of the molecule is Cc1ccc(S(=O)CCOc2ccc(C(=O)O)cc2)cc1. The van der Waals surface area contributed by atoms with Gasteiger partial charge in [0.05, 0.1) is 22.1 Å². The van der Waals surface area contributed by atoms with Gasteiger partial charge in [-0.1, -0.05) is 17.7 Å².